The second-order valence-corrected chi connectivity index (χ2v) is 8.32. The first-order chi connectivity index (χ1) is 15.3. The lowest BCUT2D eigenvalue weighted by atomic mass is 10.1. The Morgan fingerprint density at radius 3 is 2.50 bits per heavy atom. The topological polar surface area (TPSA) is 94.2 Å². The number of carbonyl (C=O) groups excluding carboxylic acids is 1. The van der Waals surface area contributed by atoms with Crippen LogP contribution in [0.3, 0.4) is 0 Å². The molecule has 0 spiro atoms. The lowest BCUT2D eigenvalue weighted by Crippen LogP contribution is -2.42. The first kappa shape index (κ1) is 23.5. The molecule has 0 saturated heterocycles. The Labute approximate surface area is 188 Å². The van der Waals surface area contributed by atoms with E-state index >= 15 is 0 Å². The lowest BCUT2D eigenvalue weighted by molar-refractivity contribution is -0.121. The molecule has 1 N–H and O–H groups in total. The highest BCUT2D eigenvalue weighted by atomic mass is 16.2. The molecule has 0 aliphatic heterocycles. The fourth-order valence-corrected chi connectivity index (χ4v) is 3.59. The minimum absolute atomic E-state index is 0. The van der Waals surface area contributed by atoms with E-state index in [-0.39, 0.29) is 25.1 Å². The van der Waals surface area contributed by atoms with Crippen molar-refractivity contribution < 1.29 is 6.22 Å². The minimum Gasteiger partial charge on any atom is -0.354 e. The van der Waals surface area contributed by atoms with E-state index in [0.717, 1.165) is 12.0 Å². The van der Waals surface area contributed by atoms with Crippen molar-refractivity contribution in [2.75, 3.05) is 27.2 Å². The monoisotopic (exact) mass is 442 g/mol. The Morgan fingerprint density at radius 2 is 1.84 bits per heavy atom. The number of rotatable bonds is 10. The van der Waals surface area contributed by atoms with E-state index in [2.05, 4.69) is 10.3 Å². The van der Waals surface area contributed by atoms with Crippen LogP contribution < -0.4 is 16.6 Å². The predicted molar refractivity (Wildman–Crippen MR) is 127 cm³/mol. The maximum atomic E-state index is 13.1. The van der Waals surface area contributed by atoms with Gasteiger partial charge in [0.15, 0.2) is 11.2 Å². The van der Waals surface area contributed by atoms with Gasteiger partial charge in [-0.15, -0.1) is 0 Å². The molecule has 0 saturated carbocycles. The highest BCUT2D eigenvalue weighted by Crippen LogP contribution is 2.08. The number of aromatic nitrogens is 4. The highest BCUT2D eigenvalue weighted by Gasteiger charge is 2.19. The van der Waals surface area contributed by atoms with Crippen molar-refractivity contribution in [1.82, 2.24) is 28.9 Å². The molecule has 0 bridgehead atoms. The van der Waals surface area contributed by atoms with E-state index < -0.39 is 5.56 Å². The average molecular weight is 443 g/mol. The highest BCUT2D eigenvalue weighted by molar-refractivity contribution is 5.78. The van der Waals surface area contributed by atoms with Crippen molar-refractivity contribution >= 4 is 17.1 Å². The van der Waals surface area contributed by atoms with Gasteiger partial charge in [0, 0.05) is 27.6 Å². The van der Waals surface area contributed by atoms with Crippen LogP contribution in [0.15, 0.2) is 40.2 Å². The van der Waals surface area contributed by atoms with Crippen LogP contribution in [-0.2, 0) is 30.8 Å². The van der Waals surface area contributed by atoms with E-state index in [1.807, 2.05) is 57.1 Å². The van der Waals surface area contributed by atoms with Crippen LogP contribution in [0.5, 0.6) is 0 Å². The van der Waals surface area contributed by atoms with Crippen molar-refractivity contribution in [3.8, 4) is 0 Å². The Morgan fingerprint density at radius 1 is 1.12 bits per heavy atom. The van der Waals surface area contributed by atoms with Crippen molar-refractivity contribution in [2.45, 2.75) is 46.3 Å². The number of fused-ring (bicyclic) bond motifs is 1. The van der Waals surface area contributed by atoms with E-state index in [1.54, 1.807) is 0 Å². The number of amides is 1. The number of hydrogen-bond acceptors (Lipinski definition) is 5. The number of imidazole rings is 1. The molecular weight excluding hydrogens is 408 g/mol. The van der Waals surface area contributed by atoms with Gasteiger partial charge >= 0.3 is 5.69 Å². The normalized spacial score (nSPS) is 11.4. The summed E-state index contributed by atoms with van der Waals surface area (Å²) >= 11 is 0. The molecule has 0 aliphatic carbocycles. The van der Waals surface area contributed by atoms with Gasteiger partial charge in [-0.25, -0.2) is 9.78 Å². The second-order valence-electron chi connectivity index (χ2n) is 8.32. The molecule has 3 rings (SSSR count). The summed E-state index contributed by atoms with van der Waals surface area (Å²) in [6.45, 7) is 5.79. The number of nitrogens with one attached hydrogen (secondary N) is 1. The third-order valence-corrected chi connectivity index (χ3v) is 5.37. The summed E-state index contributed by atoms with van der Waals surface area (Å²) in [6.07, 6.45) is 2.85. The molecule has 174 valence electrons. The van der Waals surface area contributed by atoms with Gasteiger partial charge in [0.05, 0.1) is 6.33 Å². The summed E-state index contributed by atoms with van der Waals surface area (Å²) in [5.74, 6) is -0.205. The molecule has 0 unspecified atom stereocenters. The van der Waals surface area contributed by atoms with Gasteiger partial charge in [-0.3, -0.25) is 18.7 Å². The first-order valence-electron chi connectivity index (χ1n) is 11.0. The molecule has 1 aromatic carbocycles. The summed E-state index contributed by atoms with van der Waals surface area (Å²) in [5.41, 5.74) is 2.18. The molecule has 0 radical (unpaired) electrons. The molecule has 32 heavy (non-hydrogen) atoms. The zero-order chi connectivity index (χ0) is 23.3. The molecule has 3 aromatic rings. The van der Waals surface area contributed by atoms with Crippen LogP contribution in [0.1, 0.15) is 25.9 Å². The van der Waals surface area contributed by atoms with Gasteiger partial charge in [0.25, 0.3) is 5.56 Å². The van der Waals surface area contributed by atoms with Crippen molar-refractivity contribution in [3.05, 3.63) is 62.6 Å². The van der Waals surface area contributed by atoms with Gasteiger partial charge in [-0.05, 0) is 39.4 Å². The number of benzene rings is 1. The maximum absolute atomic E-state index is 13.1. The average Bonchev–Trinajstić information content (AvgIpc) is 3.15. The van der Waals surface area contributed by atoms with Crippen molar-refractivity contribution in [2.24, 2.45) is 0 Å². The van der Waals surface area contributed by atoms with Gasteiger partial charge in [-0.2, -0.15) is 0 Å². The summed E-state index contributed by atoms with van der Waals surface area (Å²) in [6, 6.07) is 8.19. The van der Waals surface area contributed by atoms with E-state index in [4.69, 9.17) is 0 Å². The fourth-order valence-electron chi connectivity index (χ4n) is 3.59. The standard InChI is InChI=1S/C23H32N6O3.H2/c1-5-12-29-22(31)20-21(28(23(29)32)14-13-26(3)4)25-16-27(20)15-19(30)24-11-10-18-8-6-17(2)7-9-18;/h6-9,16H,5,10-15H2,1-4H3,(H,24,30);1H. The smallest absolute Gasteiger partial charge is 0.332 e. The summed E-state index contributed by atoms with van der Waals surface area (Å²) in [4.78, 5) is 44.8. The zero-order valence-electron chi connectivity index (χ0n) is 19.3. The third kappa shape index (κ3) is 5.34. The van der Waals surface area contributed by atoms with Gasteiger partial charge < -0.3 is 14.8 Å². The van der Waals surface area contributed by atoms with E-state index in [9.17, 15) is 14.4 Å². The number of likely N-dealkylation sites (N-methyl/N-ethyl adjacent to an activating group) is 1. The quantitative estimate of drug-likeness (QED) is 0.510. The minimum atomic E-state index is -0.405. The van der Waals surface area contributed by atoms with Crippen LogP contribution in [0.2, 0.25) is 0 Å². The number of carbonyl (C=O) groups is 1. The lowest BCUT2D eigenvalue weighted by Gasteiger charge is -2.14. The van der Waals surface area contributed by atoms with E-state index in [0.29, 0.717) is 38.2 Å². The molecule has 9 heteroatoms. The first-order valence-corrected chi connectivity index (χ1v) is 11.0. The molecular formula is C23H34N6O3. The van der Waals surface area contributed by atoms with Crippen LogP contribution in [0, 0.1) is 6.92 Å². The van der Waals surface area contributed by atoms with Crippen molar-refractivity contribution in [1.29, 1.82) is 0 Å². The predicted octanol–water partition coefficient (Wildman–Crippen LogP) is 1.24. The number of hydrogen-bond donors (Lipinski definition) is 1. The Bertz CT molecular complexity index is 1190. The molecule has 0 fully saturated rings. The Balaban J connectivity index is 0.00000385. The molecule has 9 nitrogen and oxygen atoms in total. The molecule has 0 aliphatic rings. The fraction of sp³-hybridized carbons (Fsp3) is 0.478. The summed E-state index contributed by atoms with van der Waals surface area (Å²) in [5, 5.41) is 2.90. The second kappa shape index (κ2) is 10.4. The van der Waals surface area contributed by atoms with Gasteiger partial charge in [-0.1, -0.05) is 36.8 Å². The van der Waals surface area contributed by atoms with Crippen LogP contribution in [0.25, 0.3) is 11.2 Å². The zero-order valence-corrected chi connectivity index (χ0v) is 19.3. The third-order valence-electron chi connectivity index (χ3n) is 5.37. The Kier molecular flexibility index (Phi) is 7.63. The number of aryl methyl sites for hydroxylation is 1. The molecule has 1 amide bonds. The van der Waals surface area contributed by atoms with Gasteiger partial charge in [0.1, 0.15) is 6.54 Å². The SMILES string of the molecule is CCCn1c(=O)c2c(ncn2CC(=O)NCCc2ccc(C)cc2)n(CCN(C)C)c1=O.[HH]. The van der Waals surface area contributed by atoms with Crippen LogP contribution in [0.4, 0.5) is 0 Å². The molecule has 2 aromatic heterocycles. The van der Waals surface area contributed by atoms with Crippen LogP contribution in [-0.4, -0.2) is 56.7 Å². The summed E-state index contributed by atoms with van der Waals surface area (Å²) in [7, 11) is 3.84. The maximum Gasteiger partial charge on any atom is 0.332 e. The van der Waals surface area contributed by atoms with E-state index in [1.165, 1.54) is 25.6 Å². The molecule has 2 heterocycles. The van der Waals surface area contributed by atoms with Crippen molar-refractivity contribution in [3.63, 3.8) is 0 Å². The number of nitrogens with zero attached hydrogens (tertiary/aromatic N) is 5. The molecule has 0 atom stereocenters. The summed E-state index contributed by atoms with van der Waals surface area (Å²) < 4.78 is 4.31. The Hall–Kier alpha value is -3.20. The van der Waals surface area contributed by atoms with Gasteiger partial charge in [0.2, 0.25) is 5.91 Å². The largest absolute Gasteiger partial charge is 0.354 e. The van der Waals surface area contributed by atoms with Crippen LogP contribution >= 0.6 is 0 Å².